The highest BCUT2D eigenvalue weighted by atomic mass is 35.5. The van der Waals surface area contributed by atoms with Crippen molar-refractivity contribution in [3.05, 3.63) is 23.0 Å². The van der Waals surface area contributed by atoms with Gasteiger partial charge in [-0.2, -0.15) is 0 Å². The van der Waals surface area contributed by atoms with Crippen LogP contribution in [0.1, 0.15) is 12.5 Å². The Kier molecular flexibility index (Phi) is 3.95. The van der Waals surface area contributed by atoms with Crippen molar-refractivity contribution in [1.29, 1.82) is 0 Å². The van der Waals surface area contributed by atoms with Crippen LogP contribution in [0.2, 0.25) is 5.15 Å². The van der Waals surface area contributed by atoms with Gasteiger partial charge >= 0.3 is 5.97 Å². The minimum absolute atomic E-state index is 0.173. The molecule has 1 heterocycles. The molecule has 0 fully saturated rings. The van der Waals surface area contributed by atoms with Gasteiger partial charge in [0.1, 0.15) is 5.15 Å². The molecule has 2 N–H and O–H groups in total. The van der Waals surface area contributed by atoms with Gasteiger partial charge in [-0.25, -0.2) is 9.78 Å². The van der Waals surface area contributed by atoms with Crippen LogP contribution in [0.3, 0.4) is 0 Å². The number of pyridine rings is 1. The highest BCUT2D eigenvalue weighted by Gasteiger charge is 2.02. The largest absolute Gasteiger partial charge is 0.456 e. The first-order valence-electron chi connectivity index (χ1n) is 4.24. The van der Waals surface area contributed by atoms with Crippen LogP contribution in [0.15, 0.2) is 12.3 Å². The zero-order valence-electron chi connectivity index (χ0n) is 8.08. The van der Waals surface area contributed by atoms with Crippen molar-refractivity contribution < 1.29 is 9.53 Å². The Balaban J connectivity index is 2.93. The van der Waals surface area contributed by atoms with Crippen molar-refractivity contribution in [2.45, 2.75) is 6.92 Å². The molecular weight excluding hydrogens is 216 g/mol. The summed E-state index contributed by atoms with van der Waals surface area (Å²) < 4.78 is 4.63. The number of nitrogen functional groups attached to an aromatic ring is 1. The topological polar surface area (TPSA) is 65.2 Å². The molecule has 0 atom stereocenters. The number of hydrogen-bond acceptors (Lipinski definition) is 4. The number of anilines is 1. The van der Waals surface area contributed by atoms with E-state index in [2.05, 4.69) is 21.6 Å². The van der Waals surface area contributed by atoms with Crippen molar-refractivity contribution in [3.8, 4) is 11.8 Å². The van der Waals surface area contributed by atoms with Crippen LogP contribution < -0.4 is 5.73 Å². The van der Waals surface area contributed by atoms with Gasteiger partial charge in [-0.3, -0.25) is 0 Å². The smallest absolute Gasteiger partial charge is 0.384 e. The summed E-state index contributed by atoms with van der Waals surface area (Å²) in [5, 5.41) is 0.173. The van der Waals surface area contributed by atoms with E-state index in [1.54, 1.807) is 13.0 Å². The zero-order valence-corrected chi connectivity index (χ0v) is 8.84. The van der Waals surface area contributed by atoms with E-state index in [1.165, 1.54) is 6.20 Å². The Morgan fingerprint density at radius 3 is 3.07 bits per heavy atom. The molecule has 4 nitrogen and oxygen atoms in total. The number of halogens is 1. The summed E-state index contributed by atoms with van der Waals surface area (Å²) in [4.78, 5) is 14.7. The van der Waals surface area contributed by atoms with E-state index < -0.39 is 5.97 Å². The molecular formula is C10H9ClN2O2. The molecule has 0 unspecified atom stereocenters. The van der Waals surface area contributed by atoms with Crippen molar-refractivity contribution in [1.82, 2.24) is 4.98 Å². The molecule has 0 amide bonds. The lowest BCUT2D eigenvalue weighted by Gasteiger charge is -1.98. The van der Waals surface area contributed by atoms with E-state index in [1.807, 2.05) is 0 Å². The maximum absolute atomic E-state index is 10.9. The van der Waals surface area contributed by atoms with E-state index in [9.17, 15) is 4.79 Å². The van der Waals surface area contributed by atoms with Crippen LogP contribution in [0.5, 0.6) is 0 Å². The highest BCUT2D eigenvalue weighted by Crippen LogP contribution is 2.17. The van der Waals surface area contributed by atoms with E-state index in [0.717, 1.165) is 0 Å². The molecule has 0 aliphatic rings. The van der Waals surface area contributed by atoms with Gasteiger partial charge in [0.2, 0.25) is 0 Å². The average molecular weight is 225 g/mol. The first kappa shape index (κ1) is 11.3. The predicted molar refractivity (Wildman–Crippen MR) is 57.2 cm³/mol. The van der Waals surface area contributed by atoms with Gasteiger partial charge in [0.25, 0.3) is 0 Å². The molecule has 78 valence electrons. The van der Waals surface area contributed by atoms with Crippen molar-refractivity contribution in [3.63, 3.8) is 0 Å². The number of nitrogens with zero attached hydrogens (tertiary/aromatic N) is 1. The third-order valence-corrected chi connectivity index (χ3v) is 1.79. The fraction of sp³-hybridized carbons (Fsp3) is 0.200. The minimum atomic E-state index is -0.614. The SMILES string of the molecule is CCOC(=O)C#Cc1c(N)ccnc1Cl. The quantitative estimate of drug-likeness (QED) is 0.443. The summed E-state index contributed by atoms with van der Waals surface area (Å²) in [6, 6.07) is 1.56. The third-order valence-electron chi connectivity index (χ3n) is 1.50. The number of aromatic nitrogens is 1. The second-order valence-electron chi connectivity index (χ2n) is 2.54. The summed E-state index contributed by atoms with van der Waals surface area (Å²) in [5.74, 6) is 4.17. The maximum atomic E-state index is 10.9. The maximum Gasteiger partial charge on any atom is 0.384 e. The second kappa shape index (κ2) is 5.23. The summed E-state index contributed by atoms with van der Waals surface area (Å²) in [6.45, 7) is 1.98. The Hall–Kier alpha value is -1.73. The Morgan fingerprint density at radius 2 is 2.47 bits per heavy atom. The van der Waals surface area contributed by atoms with Gasteiger partial charge in [0, 0.05) is 12.1 Å². The van der Waals surface area contributed by atoms with Crippen LogP contribution in [0.25, 0.3) is 0 Å². The number of carbonyl (C=O) groups is 1. The predicted octanol–water partition coefficient (Wildman–Crippen LogP) is 1.23. The Morgan fingerprint density at radius 1 is 1.73 bits per heavy atom. The first-order chi connectivity index (χ1) is 7.15. The molecule has 15 heavy (non-hydrogen) atoms. The van der Waals surface area contributed by atoms with Crippen molar-refractivity contribution >= 4 is 23.3 Å². The van der Waals surface area contributed by atoms with Gasteiger partial charge in [0.15, 0.2) is 0 Å². The van der Waals surface area contributed by atoms with Crippen molar-refractivity contribution in [2.24, 2.45) is 0 Å². The molecule has 5 heteroatoms. The lowest BCUT2D eigenvalue weighted by molar-refractivity contribution is -0.136. The highest BCUT2D eigenvalue weighted by molar-refractivity contribution is 6.31. The molecule has 0 bridgehead atoms. The minimum Gasteiger partial charge on any atom is -0.456 e. The lowest BCUT2D eigenvalue weighted by atomic mass is 10.2. The molecule has 1 aromatic heterocycles. The van der Waals surface area contributed by atoms with Crippen LogP contribution in [-0.2, 0) is 9.53 Å². The zero-order chi connectivity index (χ0) is 11.3. The lowest BCUT2D eigenvalue weighted by Crippen LogP contribution is -2.00. The normalized spacial score (nSPS) is 8.93. The molecule has 1 rings (SSSR count). The first-order valence-corrected chi connectivity index (χ1v) is 4.61. The van der Waals surface area contributed by atoms with E-state index in [0.29, 0.717) is 11.3 Å². The fourth-order valence-electron chi connectivity index (χ4n) is 0.854. The molecule has 0 spiro atoms. The number of esters is 1. The van der Waals surface area contributed by atoms with Crippen LogP contribution >= 0.6 is 11.6 Å². The monoisotopic (exact) mass is 224 g/mol. The van der Waals surface area contributed by atoms with Crippen molar-refractivity contribution in [2.75, 3.05) is 12.3 Å². The molecule has 0 aliphatic heterocycles. The number of nitrogens with two attached hydrogens (primary N) is 1. The van der Waals surface area contributed by atoms with Crippen LogP contribution in [0.4, 0.5) is 5.69 Å². The van der Waals surface area contributed by atoms with Gasteiger partial charge in [-0.05, 0) is 18.9 Å². The van der Waals surface area contributed by atoms with E-state index in [-0.39, 0.29) is 11.8 Å². The van der Waals surface area contributed by atoms with E-state index >= 15 is 0 Å². The second-order valence-corrected chi connectivity index (χ2v) is 2.89. The van der Waals surface area contributed by atoms with Gasteiger partial charge in [0.05, 0.1) is 17.9 Å². The fourth-order valence-corrected chi connectivity index (χ4v) is 1.07. The summed E-state index contributed by atoms with van der Waals surface area (Å²) in [7, 11) is 0. The Labute approximate surface area is 92.4 Å². The molecule has 0 saturated carbocycles. The van der Waals surface area contributed by atoms with Crippen LogP contribution in [0, 0.1) is 11.8 Å². The van der Waals surface area contributed by atoms with Gasteiger partial charge in [-0.15, -0.1) is 0 Å². The summed E-state index contributed by atoms with van der Waals surface area (Å²) in [6.07, 6.45) is 1.47. The van der Waals surface area contributed by atoms with Crippen LogP contribution in [-0.4, -0.2) is 17.6 Å². The summed E-state index contributed by atoms with van der Waals surface area (Å²) >= 11 is 5.74. The number of hydrogen-bond donors (Lipinski definition) is 1. The Bertz CT molecular complexity index is 415. The number of carbonyl (C=O) groups excluding carboxylic acids is 1. The molecule has 1 aromatic rings. The van der Waals surface area contributed by atoms with E-state index in [4.69, 9.17) is 17.3 Å². The molecule has 0 aromatic carbocycles. The molecule has 0 aliphatic carbocycles. The molecule has 0 saturated heterocycles. The number of ether oxygens (including phenoxy) is 1. The van der Waals surface area contributed by atoms with Gasteiger partial charge < -0.3 is 10.5 Å². The number of rotatable bonds is 1. The van der Waals surface area contributed by atoms with Gasteiger partial charge in [-0.1, -0.05) is 11.6 Å². The standard InChI is InChI=1S/C10H9ClN2O2/c1-2-15-9(14)4-3-7-8(12)5-6-13-10(7)11/h5-6H,2H2,1H3,(H2,12,13). The summed E-state index contributed by atoms with van der Waals surface area (Å²) in [5.41, 5.74) is 6.32. The molecule has 0 radical (unpaired) electrons. The third kappa shape index (κ3) is 3.15. The average Bonchev–Trinajstić information content (AvgIpc) is 2.17.